The molecule has 2 rings (SSSR count). The maximum absolute atomic E-state index is 6.23. The van der Waals surface area contributed by atoms with Gasteiger partial charge in [-0.15, -0.1) is 0 Å². The molecule has 17 heavy (non-hydrogen) atoms. The first-order chi connectivity index (χ1) is 8.15. The molecule has 4 nitrogen and oxygen atoms in total. The van der Waals surface area contributed by atoms with E-state index in [1.165, 1.54) is 0 Å². The van der Waals surface area contributed by atoms with E-state index in [1.807, 2.05) is 44.4 Å². The number of hydrogen-bond donors (Lipinski definition) is 1. The van der Waals surface area contributed by atoms with Gasteiger partial charge in [-0.05, 0) is 19.2 Å². The highest BCUT2D eigenvalue weighted by Gasteiger charge is 2.13. The minimum Gasteiger partial charge on any atom is -0.376 e. The van der Waals surface area contributed by atoms with Crippen molar-refractivity contribution in [2.24, 2.45) is 0 Å². The van der Waals surface area contributed by atoms with Crippen LogP contribution in [-0.4, -0.2) is 37.1 Å². The molecule has 0 amide bonds. The Morgan fingerprint density at radius 3 is 2.88 bits per heavy atom. The average molecular weight is 253 g/mol. The van der Waals surface area contributed by atoms with Gasteiger partial charge in [0, 0.05) is 33.3 Å². The zero-order valence-corrected chi connectivity index (χ0v) is 11.1. The Bertz CT molecular complexity index is 518. The molecule has 0 aromatic carbocycles. The van der Waals surface area contributed by atoms with Crippen molar-refractivity contribution < 1.29 is 0 Å². The van der Waals surface area contributed by atoms with Crippen LogP contribution in [0.1, 0.15) is 5.82 Å². The predicted molar refractivity (Wildman–Crippen MR) is 72.2 cm³/mol. The van der Waals surface area contributed by atoms with E-state index in [0.717, 1.165) is 30.0 Å². The number of imidazole rings is 1. The largest absolute Gasteiger partial charge is 0.376 e. The van der Waals surface area contributed by atoms with Gasteiger partial charge in [0.15, 0.2) is 5.15 Å². The van der Waals surface area contributed by atoms with Crippen molar-refractivity contribution in [1.29, 1.82) is 0 Å². The molecule has 1 N–H and O–H groups in total. The number of nitrogens with zero attached hydrogens (tertiary/aromatic N) is 3. The fraction of sp³-hybridized carbons (Fsp3) is 0.417. The molecule has 0 aliphatic carbocycles. The third kappa shape index (κ3) is 2.23. The highest BCUT2D eigenvalue weighted by molar-refractivity contribution is 6.33. The van der Waals surface area contributed by atoms with E-state index in [-0.39, 0.29) is 0 Å². The smallest absolute Gasteiger partial charge is 0.157 e. The summed E-state index contributed by atoms with van der Waals surface area (Å²) >= 11 is 6.23. The molecular weight excluding hydrogens is 236 g/mol. The highest BCUT2D eigenvalue weighted by Crippen LogP contribution is 2.27. The van der Waals surface area contributed by atoms with E-state index < -0.39 is 0 Å². The maximum Gasteiger partial charge on any atom is 0.157 e. The molecule has 0 fully saturated rings. The van der Waals surface area contributed by atoms with Crippen molar-refractivity contribution >= 4 is 22.8 Å². The number of hydrogen-bond acceptors (Lipinski definition) is 3. The van der Waals surface area contributed by atoms with Crippen LogP contribution in [0.2, 0.25) is 5.15 Å². The summed E-state index contributed by atoms with van der Waals surface area (Å²) in [6.07, 6.45) is 2.87. The third-order valence-corrected chi connectivity index (χ3v) is 3.02. The van der Waals surface area contributed by atoms with Gasteiger partial charge in [-0.1, -0.05) is 11.6 Å². The zero-order chi connectivity index (χ0) is 12.4. The number of anilines is 1. The number of halogens is 1. The number of aromatic nitrogens is 2. The van der Waals surface area contributed by atoms with Crippen LogP contribution in [0.15, 0.2) is 18.3 Å². The van der Waals surface area contributed by atoms with E-state index in [2.05, 4.69) is 14.7 Å². The first-order valence-electron chi connectivity index (χ1n) is 5.62. The Kier molecular flexibility index (Phi) is 3.54. The quantitative estimate of drug-likeness (QED) is 0.901. The van der Waals surface area contributed by atoms with Crippen LogP contribution >= 0.6 is 11.6 Å². The zero-order valence-electron chi connectivity index (χ0n) is 10.4. The van der Waals surface area contributed by atoms with Crippen LogP contribution < -0.4 is 10.2 Å². The minimum absolute atomic E-state index is 0.570. The van der Waals surface area contributed by atoms with Crippen LogP contribution in [0.3, 0.4) is 0 Å². The van der Waals surface area contributed by atoms with Crippen molar-refractivity contribution in [1.82, 2.24) is 14.7 Å². The van der Waals surface area contributed by atoms with E-state index in [4.69, 9.17) is 11.6 Å². The van der Waals surface area contributed by atoms with E-state index in [9.17, 15) is 0 Å². The second-order valence-corrected chi connectivity index (χ2v) is 4.54. The van der Waals surface area contributed by atoms with Gasteiger partial charge in [-0.3, -0.25) is 0 Å². The van der Waals surface area contributed by atoms with E-state index >= 15 is 0 Å². The first kappa shape index (κ1) is 12.2. The van der Waals surface area contributed by atoms with Gasteiger partial charge in [0.05, 0.1) is 5.69 Å². The Hall–Kier alpha value is -1.26. The topological polar surface area (TPSA) is 32.6 Å². The van der Waals surface area contributed by atoms with Gasteiger partial charge in [0.1, 0.15) is 11.3 Å². The van der Waals surface area contributed by atoms with Crippen LogP contribution in [-0.2, 0) is 6.42 Å². The van der Waals surface area contributed by atoms with E-state index in [0.29, 0.717) is 5.15 Å². The van der Waals surface area contributed by atoms with Crippen LogP contribution in [0.5, 0.6) is 0 Å². The van der Waals surface area contributed by atoms with Crippen LogP contribution in [0.25, 0.3) is 5.52 Å². The standard InChI is InChI=1S/C12H17ClN4/c1-14-7-6-10-15-12(13)11-9(16(2)3)5-4-8-17(10)11/h4-5,8,14H,6-7H2,1-3H3. The lowest BCUT2D eigenvalue weighted by atomic mass is 10.3. The second-order valence-electron chi connectivity index (χ2n) is 4.18. The molecule has 2 aromatic heterocycles. The van der Waals surface area contributed by atoms with Crippen molar-refractivity contribution in [2.75, 3.05) is 32.6 Å². The number of likely N-dealkylation sites (N-methyl/N-ethyl adjacent to an activating group) is 1. The monoisotopic (exact) mass is 252 g/mol. The molecule has 2 heterocycles. The summed E-state index contributed by atoms with van der Waals surface area (Å²) in [7, 11) is 5.94. The van der Waals surface area contributed by atoms with Gasteiger partial charge >= 0.3 is 0 Å². The second kappa shape index (κ2) is 4.94. The number of pyridine rings is 1. The van der Waals surface area contributed by atoms with Gasteiger partial charge in [-0.2, -0.15) is 0 Å². The predicted octanol–water partition coefficient (Wildman–Crippen LogP) is 1.82. The lowest BCUT2D eigenvalue weighted by Crippen LogP contribution is -2.13. The molecule has 2 aromatic rings. The molecule has 0 saturated carbocycles. The molecule has 0 spiro atoms. The summed E-state index contributed by atoms with van der Waals surface area (Å²) in [5, 5.41) is 3.69. The summed E-state index contributed by atoms with van der Waals surface area (Å²) < 4.78 is 2.06. The fourth-order valence-corrected chi connectivity index (χ4v) is 2.20. The van der Waals surface area contributed by atoms with Gasteiger partial charge < -0.3 is 14.6 Å². The molecule has 0 atom stereocenters. The summed E-state index contributed by atoms with van der Waals surface area (Å²) in [6.45, 7) is 0.891. The molecular formula is C12H17ClN4. The molecule has 0 unspecified atom stereocenters. The molecule has 0 radical (unpaired) electrons. The first-order valence-corrected chi connectivity index (χ1v) is 6.00. The maximum atomic E-state index is 6.23. The lowest BCUT2D eigenvalue weighted by Gasteiger charge is -2.14. The summed E-state index contributed by atoms with van der Waals surface area (Å²) in [4.78, 5) is 6.48. The average Bonchev–Trinajstić information content (AvgIpc) is 2.64. The Morgan fingerprint density at radius 1 is 1.47 bits per heavy atom. The molecule has 5 heteroatoms. The lowest BCUT2D eigenvalue weighted by molar-refractivity contribution is 0.753. The van der Waals surface area contributed by atoms with Crippen LogP contribution in [0, 0.1) is 0 Å². The third-order valence-electron chi connectivity index (χ3n) is 2.75. The van der Waals surface area contributed by atoms with Crippen molar-refractivity contribution in [3.05, 3.63) is 29.3 Å². The summed E-state index contributed by atoms with van der Waals surface area (Å²) in [5.41, 5.74) is 2.06. The number of fused-ring (bicyclic) bond motifs is 1. The molecule has 0 aliphatic rings. The minimum atomic E-state index is 0.570. The highest BCUT2D eigenvalue weighted by atomic mass is 35.5. The van der Waals surface area contributed by atoms with Gasteiger partial charge in [-0.25, -0.2) is 4.98 Å². The Balaban J connectivity index is 2.56. The fourth-order valence-electron chi connectivity index (χ4n) is 1.91. The number of nitrogens with one attached hydrogen (secondary N) is 1. The summed E-state index contributed by atoms with van der Waals surface area (Å²) in [5.74, 6) is 0.989. The van der Waals surface area contributed by atoms with E-state index in [1.54, 1.807) is 0 Å². The Labute approximate surface area is 106 Å². The van der Waals surface area contributed by atoms with Crippen molar-refractivity contribution in [2.45, 2.75) is 6.42 Å². The Morgan fingerprint density at radius 2 is 2.24 bits per heavy atom. The number of rotatable bonds is 4. The van der Waals surface area contributed by atoms with Crippen LogP contribution in [0.4, 0.5) is 5.69 Å². The van der Waals surface area contributed by atoms with Crippen molar-refractivity contribution in [3.63, 3.8) is 0 Å². The van der Waals surface area contributed by atoms with Gasteiger partial charge in [0.2, 0.25) is 0 Å². The SMILES string of the molecule is CNCCc1nc(Cl)c2c(N(C)C)cccn12. The molecule has 0 bridgehead atoms. The molecule has 0 saturated heterocycles. The molecule has 0 aliphatic heterocycles. The normalized spacial score (nSPS) is 11.1. The van der Waals surface area contributed by atoms with Crippen molar-refractivity contribution in [3.8, 4) is 0 Å². The summed E-state index contributed by atoms with van der Waals surface area (Å²) in [6, 6.07) is 4.06. The van der Waals surface area contributed by atoms with Gasteiger partial charge in [0.25, 0.3) is 0 Å². The molecule has 92 valence electrons.